The number of thiophene rings is 1. The van der Waals surface area contributed by atoms with Crippen LogP contribution in [0, 0.1) is 13.8 Å². The number of sulfonamides is 1. The molecule has 1 aromatic carbocycles. The van der Waals surface area contributed by atoms with Crippen molar-refractivity contribution in [1.29, 1.82) is 0 Å². The van der Waals surface area contributed by atoms with Crippen LogP contribution in [-0.4, -0.2) is 42.2 Å². The Morgan fingerprint density at radius 1 is 1.13 bits per heavy atom. The van der Waals surface area contributed by atoms with E-state index in [-0.39, 0.29) is 10.8 Å². The monoisotopic (exact) mass is 482 g/mol. The van der Waals surface area contributed by atoms with E-state index in [2.05, 4.69) is 15.3 Å². The van der Waals surface area contributed by atoms with E-state index in [1.54, 1.807) is 12.1 Å². The summed E-state index contributed by atoms with van der Waals surface area (Å²) >= 11 is 8.18. The molecule has 1 amide bonds. The standard InChI is InChI=1S/C19H19ClN4O3S3/c1-12-10-13(2)22-19(21-12)28-15-6-4-14(5-7-15)23-17(25)11-24(3)30(26,27)18-9-8-16(20)29-18/h4-10H,11H2,1-3H3,(H,23,25). The number of anilines is 1. The van der Waals surface area contributed by atoms with Crippen molar-refractivity contribution < 1.29 is 13.2 Å². The molecule has 158 valence electrons. The number of hydrogen-bond acceptors (Lipinski definition) is 7. The van der Waals surface area contributed by atoms with Crippen molar-refractivity contribution in [3.05, 3.63) is 58.2 Å². The van der Waals surface area contributed by atoms with Gasteiger partial charge in [-0.25, -0.2) is 18.4 Å². The fourth-order valence-corrected chi connectivity index (χ4v) is 6.21. The number of carbonyl (C=O) groups is 1. The van der Waals surface area contributed by atoms with E-state index in [0.29, 0.717) is 15.2 Å². The largest absolute Gasteiger partial charge is 0.325 e. The second-order valence-electron chi connectivity index (χ2n) is 6.43. The molecule has 1 N–H and O–H groups in total. The Morgan fingerprint density at radius 2 is 1.77 bits per heavy atom. The van der Waals surface area contributed by atoms with Gasteiger partial charge in [0.2, 0.25) is 5.91 Å². The molecular formula is C19H19ClN4O3S3. The van der Waals surface area contributed by atoms with Crippen LogP contribution in [-0.2, 0) is 14.8 Å². The van der Waals surface area contributed by atoms with Crippen molar-refractivity contribution in [3.8, 4) is 0 Å². The van der Waals surface area contributed by atoms with E-state index in [1.165, 1.54) is 30.9 Å². The smallest absolute Gasteiger partial charge is 0.252 e. The molecule has 3 aromatic rings. The van der Waals surface area contributed by atoms with Crippen molar-refractivity contribution in [2.24, 2.45) is 0 Å². The summed E-state index contributed by atoms with van der Waals surface area (Å²) in [5.41, 5.74) is 2.37. The van der Waals surface area contributed by atoms with Crippen LogP contribution in [0.25, 0.3) is 0 Å². The molecular weight excluding hydrogens is 464 g/mol. The van der Waals surface area contributed by atoms with Gasteiger partial charge in [-0.15, -0.1) is 11.3 Å². The third-order valence-corrected chi connectivity index (χ3v) is 8.26. The van der Waals surface area contributed by atoms with Crippen LogP contribution in [0.15, 0.2) is 56.7 Å². The van der Waals surface area contributed by atoms with E-state index >= 15 is 0 Å². The number of halogens is 1. The lowest BCUT2D eigenvalue weighted by molar-refractivity contribution is -0.116. The van der Waals surface area contributed by atoms with E-state index in [9.17, 15) is 13.2 Å². The van der Waals surface area contributed by atoms with Crippen LogP contribution in [0.3, 0.4) is 0 Å². The van der Waals surface area contributed by atoms with E-state index in [4.69, 9.17) is 11.6 Å². The summed E-state index contributed by atoms with van der Waals surface area (Å²) < 4.78 is 26.4. The number of likely N-dealkylation sites (N-methyl/N-ethyl adjacent to an activating group) is 1. The molecule has 0 aliphatic carbocycles. The van der Waals surface area contributed by atoms with Crippen molar-refractivity contribution in [1.82, 2.24) is 14.3 Å². The number of hydrogen-bond donors (Lipinski definition) is 1. The average molecular weight is 483 g/mol. The first-order valence-electron chi connectivity index (χ1n) is 8.75. The number of nitrogens with one attached hydrogen (secondary N) is 1. The summed E-state index contributed by atoms with van der Waals surface area (Å²) in [5, 5.41) is 3.36. The minimum atomic E-state index is -3.76. The Morgan fingerprint density at radius 3 is 2.33 bits per heavy atom. The fraction of sp³-hybridized carbons (Fsp3) is 0.211. The summed E-state index contributed by atoms with van der Waals surface area (Å²) in [6.07, 6.45) is 0. The molecule has 0 aliphatic rings. The maximum Gasteiger partial charge on any atom is 0.252 e. The van der Waals surface area contributed by atoms with Crippen LogP contribution < -0.4 is 5.32 Å². The van der Waals surface area contributed by atoms with Gasteiger partial charge in [0, 0.05) is 29.0 Å². The third-order valence-electron chi connectivity index (χ3n) is 3.89. The van der Waals surface area contributed by atoms with E-state index in [0.717, 1.165) is 31.9 Å². The number of nitrogens with zero attached hydrogens (tertiary/aromatic N) is 3. The van der Waals surface area contributed by atoms with Gasteiger partial charge >= 0.3 is 0 Å². The van der Waals surface area contributed by atoms with Crippen molar-refractivity contribution in [2.45, 2.75) is 28.1 Å². The molecule has 0 unspecified atom stereocenters. The van der Waals surface area contributed by atoms with Crippen LogP contribution in [0.2, 0.25) is 4.34 Å². The van der Waals surface area contributed by atoms with Crippen LogP contribution in [0.1, 0.15) is 11.4 Å². The zero-order valence-electron chi connectivity index (χ0n) is 16.4. The summed E-state index contributed by atoms with van der Waals surface area (Å²) in [5.74, 6) is -0.443. The van der Waals surface area contributed by atoms with Gasteiger partial charge in [0.05, 0.1) is 10.9 Å². The second kappa shape index (κ2) is 9.44. The Bertz CT molecular complexity index is 1140. The molecule has 0 spiro atoms. The highest BCUT2D eigenvalue weighted by Crippen LogP contribution is 2.28. The summed E-state index contributed by atoms with van der Waals surface area (Å²) in [4.78, 5) is 22.0. The number of aryl methyl sites for hydroxylation is 2. The van der Waals surface area contributed by atoms with Gasteiger partial charge in [0.25, 0.3) is 10.0 Å². The summed E-state index contributed by atoms with van der Waals surface area (Å²) in [6, 6.07) is 12.0. The summed E-state index contributed by atoms with van der Waals surface area (Å²) in [7, 11) is -2.41. The predicted octanol–water partition coefficient (Wildman–Crippen LogP) is 4.22. The predicted molar refractivity (Wildman–Crippen MR) is 120 cm³/mol. The SMILES string of the molecule is Cc1cc(C)nc(Sc2ccc(NC(=O)CN(C)S(=O)(=O)c3ccc(Cl)s3)cc2)n1. The van der Waals surface area contributed by atoms with Gasteiger partial charge in [-0.3, -0.25) is 4.79 Å². The lowest BCUT2D eigenvalue weighted by Crippen LogP contribution is -2.34. The van der Waals surface area contributed by atoms with Gasteiger partial charge in [-0.1, -0.05) is 11.6 Å². The molecule has 0 aliphatic heterocycles. The molecule has 0 fully saturated rings. The molecule has 3 rings (SSSR count). The quantitative estimate of drug-likeness (QED) is 0.507. The molecule has 11 heteroatoms. The average Bonchev–Trinajstić information content (AvgIpc) is 3.09. The van der Waals surface area contributed by atoms with Crippen molar-refractivity contribution in [3.63, 3.8) is 0 Å². The molecule has 30 heavy (non-hydrogen) atoms. The number of rotatable bonds is 7. The van der Waals surface area contributed by atoms with Gasteiger partial charge in [0.15, 0.2) is 5.16 Å². The number of aromatic nitrogens is 2. The van der Waals surface area contributed by atoms with Crippen molar-refractivity contribution in [2.75, 3.05) is 18.9 Å². The Hall–Kier alpha value is -1.98. The van der Waals surface area contributed by atoms with Gasteiger partial charge < -0.3 is 5.32 Å². The molecule has 2 heterocycles. The van der Waals surface area contributed by atoms with Gasteiger partial charge in [-0.05, 0) is 68.1 Å². The Labute approximate surface area is 188 Å². The number of amides is 1. The molecule has 0 atom stereocenters. The minimum absolute atomic E-state index is 0.0952. The zero-order valence-corrected chi connectivity index (χ0v) is 19.6. The third kappa shape index (κ3) is 5.79. The second-order valence-corrected chi connectivity index (χ2v) is 11.5. The topological polar surface area (TPSA) is 92.3 Å². The van der Waals surface area contributed by atoms with Crippen LogP contribution >= 0.6 is 34.7 Å². The van der Waals surface area contributed by atoms with Crippen LogP contribution in [0.4, 0.5) is 5.69 Å². The van der Waals surface area contributed by atoms with E-state index in [1.807, 2.05) is 32.0 Å². The molecule has 0 bridgehead atoms. The van der Waals surface area contributed by atoms with Gasteiger partial charge in [-0.2, -0.15) is 4.31 Å². The van der Waals surface area contributed by atoms with Crippen molar-refractivity contribution >= 4 is 56.3 Å². The molecule has 0 saturated carbocycles. The first kappa shape index (κ1) is 22.7. The first-order valence-corrected chi connectivity index (χ1v) is 12.2. The Balaban J connectivity index is 1.60. The maximum absolute atomic E-state index is 12.5. The lowest BCUT2D eigenvalue weighted by Gasteiger charge is -2.15. The highest BCUT2D eigenvalue weighted by molar-refractivity contribution is 7.99. The highest BCUT2D eigenvalue weighted by Gasteiger charge is 2.24. The molecule has 0 radical (unpaired) electrons. The summed E-state index contributed by atoms with van der Waals surface area (Å²) in [6.45, 7) is 3.52. The molecule has 7 nitrogen and oxygen atoms in total. The zero-order chi connectivity index (χ0) is 21.9. The van der Waals surface area contributed by atoms with E-state index < -0.39 is 15.9 Å². The number of benzene rings is 1. The fourth-order valence-electron chi connectivity index (χ4n) is 2.53. The molecule has 0 saturated heterocycles. The maximum atomic E-state index is 12.5. The van der Waals surface area contributed by atoms with Crippen LogP contribution in [0.5, 0.6) is 0 Å². The normalized spacial score (nSPS) is 11.6. The minimum Gasteiger partial charge on any atom is -0.325 e. The lowest BCUT2D eigenvalue weighted by atomic mass is 10.3. The Kier molecular flexibility index (Phi) is 7.14. The highest BCUT2D eigenvalue weighted by atomic mass is 35.5. The number of carbonyl (C=O) groups excluding carboxylic acids is 1. The first-order chi connectivity index (χ1) is 14.1. The molecule has 2 aromatic heterocycles. The van der Waals surface area contributed by atoms with Gasteiger partial charge in [0.1, 0.15) is 4.21 Å².